The molecule has 1 aliphatic heterocycles. The van der Waals surface area contributed by atoms with E-state index in [1.807, 2.05) is 41.0 Å². The molecule has 1 aliphatic rings. The van der Waals surface area contributed by atoms with Gasteiger partial charge in [0.25, 0.3) is 0 Å². The summed E-state index contributed by atoms with van der Waals surface area (Å²) >= 11 is 3.88. The third-order valence-electron chi connectivity index (χ3n) is 3.22. The van der Waals surface area contributed by atoms with E-state index >= 15 is 0 Å². The first-order valence-corrected chi connectivity index (χ1v) is 7.93. The van der Waals surface area contributed by atoms with Crippen LogP contribution in [0.1, 0.15) is 30.5 Å². The topological polar surface area (TPSA) is 29.9 Å². The fraction of sp³-hybridized carbons (Fsp3) is 0.462. The fourth-order valence-corrected chi connectivity index (χ4v) is 4.91. The first-order valence-electron chi connectivity index (χ1n) is 6.17. The predicted molar refractivity (Wildman–Crippen MR) is 77.0 cm³/mol. The Morgan fingerprint density at radius 1 is 1.56 bits per heavy atom. The van der Waals surface area contributed by atoms with Gasteiger partial charge in [-0.15, -0.1) is 23.1 Å². The maximum atomic E-state index is 4.20. The maximum Gasteiger partial charge on any atom is 0.0649 e. The number of hydrogen-bond donors (Lipinski definition) is 1. The van der Waals surface area contributed by atoms with E-state index in [1.165, 1.54) is 21.8 Å². The lowest BCUT2D eigenvalue weighted by Gasteiger charge is -2.27. The molecule has 2 atom stereocenters. The number of thioether (sulfide) groups is 1. The lowest BCUT2D eigenvalue weighted by atomic mass is 10.0. The van der Waals surface area contributed by atoms with Gasteiger partial charge in [-0.25, -0.2) is 0 Å². The number of rotatable bonds is 3. The van der Waals surface area contributed by atoms with Crippen LogP contribution in [0.15, 0.2) is 28.0 Å². The van der Waals surface area contributed by atoms with E-state index in [1.54, 1.807) is 0 Å². The van der Waals surface area contributed by atoms with Crippen LogP contribution in [0, 0.1) is 0 Å². The number of nitrogens with one attached hydrogen (secondary N) is 1. The summed E-state index contributed by atoms with van der Waals surface area (Å²) < 4.78 is 3.34. The second-order valence-electron chi connectivity index (χ2n) is 4.78. The van der Waals surface area contributed by atoms with Crippen LogP contribution in [0.3, 0.4) is 0 Å². The maximum absolute atomic E-state index is 4.20. The highest BCUT2D eigenvalue weighted by molar-refractivity contribution is 8.01. The Morgan fingerprint density at radius 2 is 2.44 bits per heavy atom. The third kappa shape index (κ3) is 2.48. The second-order valence-corrected chi connectivity index (χ2v) is 7.41. The highest BCUT2D eigenvalue weighted by atomic mass is 32.2. The molecular weight excluding hydrogens is 262 g/mol. The van der Waals surface area contributed by atoms with Crippen LogP contribution < -0.4 is 5.32 Å². The molecule has 3 nitrogen and oxygen atoms in total. The minimum absolute atomic E-state index is 0.489. The van der Waals surface area contributed by atoms with Crippen molar-refractivity contribution < 1.29 is 0 Å². The molecule has 0 aromatic carbocycles. The molecule has 96 valence electrons. The van der Waals surface area contributed by atoms with Crippen LogP contribution in [0.5, 0.6) is 0 Å². The van der Waals surface area contributed by atoms with Crippen molar-refractivity contribution in [2.75, 3.05) is 0 Å². The molecule has 0 fully saturated rings. The van der Waals surface area contributed by atoms with Gasteiger partial charge >= 0.3 is 0 Å². The number of nitrogens with zero attached hydrogens (tertiary/aromatic N) is 2. The number of fused-ring (bicyclic) bond motifs is 1. The summed E-state index contributed by atoms with van der Waals surface area (Å²) in [4.78, 5) is 0. The summed E-state index contributed by atoms with van der Waals surface area (Å²) in [6.45, 7) is 3.21. The van der Waals surface area contributed by atoms with E-state index in [-0.39, 0.29) is 0 Å². The molecule has 0 bridgehead atoms. The highest BCUT2D eigenvalue weighted by Crippen LogP contribution is 2.43. The Kier molecular flexibility index (Phi) is 3.46. The zero-order valence-corrected chi connectivity index (χ0v) is 12.2. The Bertz CT molecular complexity index is 532. The van der Waals surface area contributed by atoms with Gasteiger partial charge in [-0.2, -0.15) is 5.10 Å². The predicted octanol–water partition coefficient (Wildman–Crippen LogP) is 3.20. The molecule has 2 aromatic heterocycles. The summed E-state index contributed by atoms with van der Waals surface area (Å²) in [6.07, 6.45) is 5.21. The third-order valence-corrected chi connectivity index (χ3v) is 5.56. The molecule has 1 N–H and O–H groups in total. The molecule has 0 radical (unpaired) electrons. The summed E-state index contributed by atoms with van der Waals surface area (Å²) in [5.74, 6) is 0. The smallest absolute Gasteiger partial charge is 0.0649 e. The van der Waals surface area contributed by atoms with Crippen LogP contribution in [-0.4, -0.2) is 15.0 Å². The number of aromatic nitrogens is 2. The zero-order valence-electron chi connectivity index (χ0n) is 10.6. The Labute approximate surface area is 116 Å². The van der Waals surface area contributed by atoms with E-state index in [4.69, 9.17) is 0 Å². The quantitative estimate of drug-likeness (QED) is 0.935. The summed E-state index contributed by atoms with van der Waals surface area (Å²) in [5, 5.41) is 10.8. The monoisotopic (exact) mass is 279 g/mol. The highest BCUT2D eigenvalue weighted by Gasteiger charge is 2.25. The van der Waals surface area contributed by atoms with Gasteiger partial charge in [0, 0.05) is 36.6 Å². The molecule has 0 spiro atoms. The summed E-state index contributed by atoms with van der Waals surface area (Å²) in [6, 6.07) is 2.75. The van der Waals surface area contributed by atoms with Crippen molar-refractivity contribution in [2.24, 2.45) is 7.05 Å². The fourth-order valence-electron chi connectivity index (χ4n) is 2.35. The molecule has 3 rings (SSSR count). The number of aryl methyl sites for hydroxylation is 1. The molecule has 2 aromatic rings. The summed E-state index contributed by atoms with van der Waals surface area (Å²) in [7, 11) is 1.96. The SMILES string of the molecule is C[C@H]1CC(NCc2cnn(C)c2)c2ccsc2S1. The lowest BCUT2D eigenvalue weighted by molar-refractivity contribution is 0.488. The number of hydrogen-bond acceptors (Lipinski definition) is 4. The van der Waals surface area contributed by atoms with Crippen molar-refractivity contribution in [3.63, 3.8) is 0 Å². The van der Waals surface area contributed by atoms with Gasteiger partial charge in [-0.1, -0.05) is 6.92 Å². The van der Waals surface area contributed by atoms with E-state index < -0.39 is 0 Å². The van der Waals surface area contributed by atoms with Crippen molar-refractivity contribution in [3.8, 4) is 0 Å². The van der Waals surface area contributed by atoms with Crippen molar-refractivity contribution in [1.82, 2.24) is 15.1 Å². The molecule has 0 amide bonds. The van der Waals surface area contributed by atoms with Crippen LogP contribution in [-0.2, 0) is 13.6 Å². The molecule has 18 heavy (non-hydrogen) atoms. The van der Waals surface area contributed by atoms with E-state index in [2.05, 4.69) is 35.0 Å². The van der Waals surface area contributed by atoms with Crippen molar-refractivity contribution in [2.45, 2.75) is 35.4 Å². The van der Waals surface area contributed by atoms with E-state index in [0.29, 0.717) is 11.3 Å². The largest absolute Gasteiger partial charge is 0.306 e. The normalized spacial score (nSPS) is 23.0. The lowest BCUT2D eigenvalue weighted by Crippen LogP contribution is -2.25. The second kappa shape index (κ2) is 5.07. The Morgan fingerprint density at radius 3 is 3.22 bits per heavy atom. The van der Waals surface area contributed by atoms with Gasteiger partial charge in [0.05, 0.1) is 10.4 Å². The molecular formula is C13H17N3S2. The minimum atomic E-state index is 0.489. The first kappa shape index (κ1) is 12.3. The first-order chi connectivity index (χ1) is 8.72. The zero-order chi connectivity index (χ0) is 12.5. The van der Waals surface area contributed by atoms with Crippen LogP contribution >= 0.6 is 23.1 Å². The standard InChI is InChI=1S/C13H17N3S2/c1-9-5-12(11-3-4-17-13(11)18-9)14-6-10-7-15-16(2)8-10/h3-4,7-9,12,14H,5-6H2,1-2H3/t9-,12?/m0/s1. The average molecular weight is 279 g/mol. The van der Waals surface area contributed by atoms with E-state index in [9.17, 15) is 0 Å². The summed E-state index contributed by atoms with van der Waals surface area (Å²) in [5.41, 5.74) is 2.73. The van der Waals surface area contributed by atoms with Crippen molar-refractivity contribution in [1.29, 1.82) is 0 Å². The van der Waals surface area contributed by atoms with Gasteiger partial charge in [-0.05, 0) is 23.4 Å². The van der Waals surface area contributed by atoms with E-state index in [0.717, 1.165) is 6.54 Å². The van der Waals surface area contributed by atoms with Crippen molar-refractivity contribution in [3.05, 3.63) is 35.0 Å². The Hall–Kier alpha value is -0.780. The molecule has 5 heteroatoms. The molecule has 1 unspecified atom stereocenters. The van der Waals surface area contributed by atoms with Crippen LogP contribution in [0.25, 0.3) is 0 Å². The van der Waals surface area contributed by atoms with Gasteiger partial charge in [0.1, 0.15) is 0 Å². The molecule has 0 saturated heterocycles. The molecule has 3 heterocycles. The average Bonchev–Trinajstić information content (AvgIpc) is 2.94. The van der Waals surface area contributed by atoms with Crippen molar-refractivity contribution >= 4 is 23.1 Å². The molecule has 0 aliphatic carbocycles. The minimum Gasteiger partial charge on any atom is -0.306 e. The molecule has 0 saturated carbocycles. The Balaban J connectivity index is 1.70. The van der Waals surface area contributed by atoms with Gasteiger partial charge in [-0.3, -0.25) is 4.68 Å². The van der Waals surface area contributed by atoms with Crippen LogP contribution in [0.2, 0.25) is 0 Å². The van der Waals surface area contributed by atoms with Gasteiger partial charge in [0.15, 0.2) is 0 Å². The van der Waals surface area contributed by atoms with Gasteiger partial charge < -0.3 is 5.32 Å². The van der Waals surface area contributed by atoms with Crippen LogP contribution in [0.4, 0.5) is 0 Å². The van der Waals surface area contributed by atoms with Gasteiger partial charge in [0.2, 0.25) is 0 Å². The number of thiophene rings is 1.